The maximum Gasteiger partial charge on any atom is 0.326 e. The lowest BCUT2D eigenvalue weighted by Crippen LogP contribution is -2.50. The maximum absolute atomic E-state index is 11.6. The molecule has 0 saturated carbocycles. The van der Waals surface area contributed by atoms with E-state index in [1.165, 1.54) is 0 Å². The minimum atomic E-state index is -1.34. The quantitative estimate of drug-likeness (QED) is 0.507. The first-order valence-corrected chi connectivity index (χ1v) is 5.01. The van der Waals surface area contributed by atoms with Gasteiger partial charge in [-0.2, -0.15) is 0 Å². The molecular weight excluding hydrogens is 232 g/mol. The highest BCUT2D eigenvalue weighted by Gasteiger charge is 2.28. The highest BCUT2D eigenvalue weighted by atomic mass is 16.6. The van der Waals surface area contributed by atoms with E-state index in [4.69, 9.17) is 20.3 Å². The highest BCUT2D eigenvalue weighted by molar-refractivity contribution is 5.89. The van der Waals surface area contributed by atoms with Gasteiger partial charge < -0.3 is 25.6 Å². The Morgan fingerprint density at radius 3 is 2.59 bits per heavy atom. The molecule has 8 nitrogen and oxygen atoms in total. The van der Waals surface area contributed by atoms with Gasteiger partial charge in [-0.05, 0) is 0 Å². The summed E-state index contributed by atoms with van der Waals surface area (Å²) in [6.45, 7) is 0.730. The standard InChI is InChI=1S/C9H14N2O6/c10-7(12)3-5(9(14)15)11-8(13)6-4-16-1-2-17-6/h5-6H,1-4H2,(H2,10,12)(H,11,13)(H,14,15)/t5-,6?/m1/s1. The zero-order valence-corrected chi connectivity index (χ0v) is 9.05. The summed E-state index contributed by atoms with van der Waals surface area (Å²) in [5, 5.41) is 10.9. The van der Waals surface area contributed by atoms with Crippen molar-refractivity contribution < 1.29 is 29.0 Å². The monoisotopic (exact) mass is 246 g/mol. The smallest absolute Gasteiger partial charge is 0.326 e. The molecule has 1 fully saturated rings. The van der Waals surface area contributed by atoms with Gasteiger partial charge in [-0.1, -0.05) is 0 Å². The second-order valence-electron chi connectivity index (χ2n) is 3.50. The van der Waals surface area contributed by atoms with Crippen molar-refractivity contribution >= 4 is 17.8 Å². The lowest BCUT2D eigenvalue weighted by atomic mass is 10.2. The fraction of sp³-hybridized carbons (Fsp3) is 0.667. The molecule has 0 radical (unpaired) electrons. The summed E-state index contributed by atoms with van der Waals surface area (Å²) in [7, 11) is 0. The van der Waals surface area contributed by atoms with Crippen LogP contribution in [0.2, 0.25) is 0 Å². The Hall–Kier alpha value is -1.67. The molecule has 0 aliphatic carbocycles. The van der Waals surface area contributed by atoms with Crippen molar-refractivity contribution in [2.24, 2.45) is 5.73 Å². The first-order chi connectivity index (χ1) is 8.00. The minimum absolute atomic E-state index is 0.0642. The van der Waals surface area contributed by atoms with Crippen molar-refractivity contribution in [2.45, 2.75) is 18.6 Å². The van der Waals surface area contributed by atoms with E-state index >= 15 is 0 Å². The average Bonchev–Trinajstić information content (AvgIpc) is 2.28. The second-order valence-corrected chi connectivity index (χ2v) is 3.50. The van der Waals surface area contributed by atoms with Crippen molar-refractivity contribution in [2.75, 3.05) is 19.8 Å². The van der Waals surface area contributed by atoms with Crippen LogP contribution >= 0.6 is 0 Å². The molecule has 1 saturated heterocycles. The van der Waals surface area contributed by atoms with Crippen LogP contribution in [0.25, 0.3) is 0 Å². The molecule has 0 aromatic rings. The van der Waals surface area contributed by atoms with Crippen LogP contribution in [0, 0.1) is 0 Å². The average molecular weight is 246 g/mol. The molecule has 1 rings (SSSR count). The SMILES string of the molecule is NC(=O)C[C@@H](NC(=O)C1COCCO1)C(=O)O. The molecule has 1 heterocycles. The van der Waals surface area contributed by atoms with Gasteiger partial charge in [0, 0.05) is 0 Å². The van der Waals surface area contributed by atoms with Crippen molar-refractivity contribution in [3.63, 3.8) is 0 Å². The summed E-state index contributed by atoms with van der Waals surface area (Å²) < 4.78 is 10.1. The number of carbonyl (C=O) groups excluding carboxylic acids is 2. The summed E-state index contributed by atoms with van der Waals surface area (Å²) in [5.41, 5.74) is 4.88. The molecule has 8 heteroatoms. The molecule has 96 valence electrons. The number of carboxylic acid groups (broad SMARTS) is 1. The predicted octanol–water partition coefficient (Wildman–Crippen LogP) is -2.15. The molecule has 1 unspecified atom stereocenters. The summed E-state index contributed by atoms with van der Waals surface area (Å²) in [5.74, 6) is -2.76. The number of hydrogen-bond acceptors (Lipinski definition) is 5. The topological polar surface area (TPSA) is 128 Å². The van der Waals surface area contributed by atoms with Gasteiger partial charge >= 0.3 is 5.97 Å². The third kappa shape index (κ3) is 4.37. The Morgan fingerprint density at radius 2 is 2.12 bits per heavy atom. The van der Waals surface area contributed by atoms with Gasteiger partial charge in [-0.15, -0.1) is 0 Å². The Morgan fingerprint density at radius 1 is 1.41 bits per heavy atom. The van der Waals surface area contributed by atoms with Crippen LogP contribution in [0.5, 0.6) is 0 Å². The minimum Gasteiger partial charge on any atom is -0.480 e. The molecule has 0 aromatic carbocycles. The van der Waals surface area contributed by atoms with Crippen LogP contribution in [-0.4, -0.2) is 54.9 Å². The second kappa shape index (κ2) is 6.16. The Labute approximate surface area is 97.0 Å². The lowest BCUT2D eigenvalue weighted by Gasteiger charge is -2.23. The van der Waals surface area contributed by atoms with Gasteiger partial charge in [0.05, 0.1) is 26.2 Å². The largest absolute Gasteiger partial charge is 0.480 e. The van der Waals surface area contributed by atoms with Crippen LogP contribution < -0.4 is 11.1 Å². The van der Waals surface area contributed by atoms with E-state index in [0.29, 0.717) is 6.61 Å². The van der Waals surface area contributed by atoms with Crippen molar-refractivity contribution in [3.8, 4) is 0 Å². The predicted molar refractivity (Wildman–Crippen MR) is 53.9 cm³/mol. The third-order valence-corrected chi connectivity index (χ3v) is 2.13. The summed E-state index contributed by atoms with van der Waals surface area (Å²) in [4.78, 5) is 32.9. The number of hydrogen-bond donors (Lipinski definition) is 3. The van der Waals surface area contributed by atoms with Crippen LogP contribution in [0.4, 0.5) is 0 Å². The van der Waals surface area contributed by atoms with Crippen molar-refractivity contribution in [3.05, 3.63) is 0 Å². The van der Waals surface area contributed by atoms with E-state index in [1.807, 2.05) is 0 Å². The van der Waals surface area contributed by atoms with Crippen LogP contribution in [-0.2, 0) is 23.9 Å². The van der Waals surface area contributed by atoms with E-state index in [1.54, 1.807) is 0 Å². The first-order valence-electron chi connectivity index (χ1n) is 5.01. The summed E-state index contributed by atoms with van der Waals surface area (Å²) in [6.07, 6.45) is -1.31. The van der Waals surface area contributed by atoms with Gasteiger partial charge in [-0.25, -0.2) is 4.79 Å². The molecule has 2 amide bonds. The Bertz CT molecular complexity index is 313. The lowest BCUT2D eigenvalue weighted by molar-refractivity contribution is -0.152. The normalized spacial score (nSPS) is 21.5. The third-order valence-electron chi connectivity index (χ3n) is 2.13. The van der Waals surface area contributed by atoms with Gasteiger partial charge in [0.2, 0.25) is 5.91 Å². The van der Waals surface area contributed by atoms with Crippen LogP contribution in [0.3, 0.4) is 0 Å². The Kier molecular flexibility index (Phi) is 4.85. The molecule has 1 aliphatic heterocycles. The van der Waals surface area contributed by atoms with Crippen LogP contribution in [0.15, 0.2) is 0 Å². The first kappa shape index (κ1) is 13.4. The zero-order chi connectivity index (χ0) is 12.8. The number of nitrogens with one attached hydrogen (secondary N) is 1. The molecule has 17 heavy (non-hydrogen) atoms. The molecular formula is C9H14N2O6. The Balaban J connectivity index is 2.50. The number of primary amides is 1. The fourth-order valence-corrected chi connectivity index (χ4v) is 1.31. The van der Waals surface area contributed by atoms with E-state index in [2.05, 4.69) is 5.32 Å². The molecule has 4 N–H and O–H groups in total. The van der Waals surface area contributed by atoms with E-state index in [0.717, 1.165) is 0 Å². The van der Waals surface area contributed by atoms with E-state index in [-0.39, 0.29) is 13.2 Å². The molecule has 0 aromatic heterocycles. The molecule has 2 atom stereocenters. The number of carboxylic acids is 1. The number of carbonyl (C=O) groups is 3. The number of aliphatic carboxylic acids is 1. The summed E-state index contributed by atoms with van der Waals surface area (Å²) in [6, 6.07) is -1.34. The van der Waals surface area contributed by atoms with E-state index in [9.17, 15) is 14.4 Å². The summed E-state index contributed by atoms with van der Waals surface area (Å²) >= 11 is 0. The molecule has 0 bridgehead atoms. The fourth-order valence-electron chi connectivity index (χ4n) is 1.31. The number of ether oxygens (including phenoxy) is 2. The van der Waals surface area contributed by atoms with Gasteiger partial charge in [-0.3, -0.25) is 9.59 Å². The van der Waals surface area contributed by atoms with E-state index < -0.39 is 36.4 Å². The number of amides is 2. The maximum atomic E-state index is 11.6. The number of rotatable bonds is 5. The zero-order valence-electron chi connectivity index (χ0n) is 9.05. The van der Waals surface area contributed by atoms with Gasteiger partial charge in [0.25, 0.3) is 5.91 Å². The van der Waals surface area contributed by atoms with Crippen molar-refractivity contribution in [1.29, 1.82) is 0 Å². The van der Waals surface area contributed by atoms with Crippen molar-refractivity contribution in [1.82, 2.24) is 5.32 Å². The van der Waals surface area contributed by atoms with Crippen LogP contribution in [0.1, 0.15) is 6.42 Å². The molecule has 0 spiro atoms. The number of nitrogens with two attached hydrogens (primary N) is 1. The van der Waals surface area contributed by atoms with Gasteiger partial charge in [0.15, 0.2) is 6.10 Å². The highest BCUT2D eigenvalue weighted by Crippen LogP contribution is 2.02. The molecule has 1 aliphatic rings. The van der Waals surface area contributed by atoms with Gasteiger partial charge in [0.1, 0.15) is 6.04 Å².